The minimum atomic E-state index is -0.464. The van der Waals surface area contributed by atoms with Gasteiger partial charge in [-0.1, -0.05) is 6.07 Å². The van der Waals surface area contributed by atoms with Gasteiger partial charge in [-0.3, -0.25) is 4.79 Å². The number of rotatable bonds is 3. The molecule has 4 heteroatoms. The van der Waals surface area contributed by atoms with Crippen molar-refractivity contribution in [2.45, 2.75) is 25.9 Å². The van der Waals surface area contributed by atoms with E-state index in [1.807, 2.05) is 18.2 Å². The van der Waals surface area contributed by atoms with Crippen LogP contribution in [0.25, 0.3) is 0 Å². The van der Waals surface area contributed by atoms with Crippen molar-refractivity contribution in [3.05, 3.63) is 23.8 Å². The van der Waals surface area contributed by atoms with E-state index < -0.39 is 6.10 Å². The second-order valence-electron chi connectivity index (χ2n) is 4.19. The summed E-state index contributed by atoms with van der Waals surface area (Å²) in [5.41, 5.74) is 2.30. The molecule has 1 atom stereocenters. The minimum absolute atomic E-state index is 0.105. The summed E-state index contributed by atoms with van der Waals surface area (Å²) in [5, 5.41) is 5.92. The van der Waals surface area contributed by atoms with Crippen LogP contribution >= 0.6 is 0 Å². The third kappa shape index (κ3) is 2.52. The monoisotopic (exact) mass is 234 g/mol. The Morgan fingerprint density at radius 1 is 1.53 bits per heavy atom. The van der Waals surface area contributed by atoms with Gasteiger partial charge in [0.05, 0.1) is 0 Å². The number of ether oxygens (including phenoxy) is 1. The molecule has 0 fully saturated rings. The first kappa shape index (κ1) is 11.8. The average molecular weight is 234 g/mol. The van der Waals surface area contributed by atoms with Gasteiger partial charge in [0.1, 0.15) is 5.75 Å². The highest BCUT2D eigenvalue weighted by Gasteiger charge is 2.18. The summed E-state index contributed by atoms with van der Waals surface area (Å²) in [7, 11) is 1.62. The van der Waals surface area contributed by atoms with Crippen molar-refractivity contribution in [2.24, 2.45) is 0 Å². The second-order valence-corrected chi connectivity index (χ2v) is 4.19. The Morgan fingerprint density at radius 2 is 2.35 bits per heavy atom. The quantitative estimate of drug-likeness (QED) is 0.834. The molecule has 2 N–H and O–H groups in total. The Labute approximate surface area is 101 Å². The number of benzene rings is 1. The van der Waals surface area contributed by atoms with E-state index in [1.54, 1.807) is 14.0 Å². The van der Waals surface area contributed by atoms with Crippen molar-refractivity contribution in [1.29, 1.82) is 0 Å². The summed E-state index contributed by atoms with van der Waals surface area (Å²) in [6.45, 7) is 2.76. The van der Waals surface area contributed by atoms with Gasteiger partial charge in [0, 0.05) is 24.8 Å². The fourth-order valence-corrected chi connectivity index (χ4v) is 2.04. The third-order valence-electron chi connectivity index (χ3n) is 2.97. The number of likely N-dealkylation sites (N-methyl/N-ethyl adjacent to an activating group) is 1. The molecule has 0 saturated carbocycles. The molecule has 1 heterocycles. The maximum atomic E-state index is 11.4. The number of amides is 1. The maximum absolute atomic E-state index is 11.4. The molecule has 17 heavy (non-hydrogen) atoms. The standard InChI is InChI=1S/C13H18N2O2/c1-9(13(16)14-2)17-12-7-3-6-11-10(12)5-4-8-15-11/h3,6-7,9,15H,4-5,8H2,1-2H3,(H,14,16). The van der Waals surface area contributed by atoms with Gasteiger partial charge < -0.3 is 15.4 Å². The molecule has 0 aliphatic carbocycles. The summed E-state index contributed by atoms with van der Waals surface area (Å²) < 4.78 is 5.71. The van der Waals surface area contributed by atoms with Gasteiger partial charge in [0.15, 0.2) is 6.10 Å². The van der Waals surface area contributed by atoms with E-state index in [4.69, 9.17) is 4.74 Å². The zero-order valence-electron chi connectivity index (χ0n) is 10.2. The highest BCUT2D eigenvalue weighted by molar-refractivity contribution is 5.80. The summed E-state index contributed by atoms with van der Waals surface area (Å²) >= 11 is 0. The highest BCUT2D eigenvalue weighted by Crippen LogP contribution is 2.31. The van der Waals surface area contributed by atoms with Crippen LogP contribution in [-0.2, 0) is 11.2 Å². The third-order valence-corrected chi connectivity index (χ3v) is 2.97. The van der Waals surface area contributed by atoms with E-state index in [-0.39, 0.29) is 5.91 Å². The van der Waals surface area contributed by atoms with Crippen molar-refractivity contribution in [2.75, 3.05) is 18.9 Å². The molecule has 0 bridgehead atoms. The van der Waals surface area contributed by atoms with Crippen LogP contribution < -0.4 is 15.4 Å². The topological polar surface area (TPSA) is 50.4 Å². The molecule has 0 saturated heterocycles. The summed E-state index contributed by atoms with van der Waals surface area (Å²) in [4.78, 5) is 11.4. The van der Waals surface area contributed by atoms with Crippen LogP contribution in [0.3, 0.4) is 0 Å². The van der Waals surface area contributed by atoms with E-state index in [0.717, 1.165) is 30.8 Å². The number of carbonyl (C=O) groups is 1. The Hall–Kier alpha value is -1.71. The molecule has 1 unspecified atom stereocenters. The molecule has 1 aromatic rings. The molecule has 4 nitrogen and oxygen atoms in total. The first-order chi connectivity index (χ1) is 8.22. The lowest BCUT2D eigenvalue weighted by molar-refractivity contribution is -0.126. The smallest absolute Gasteiger partial charge is 0.260 e. The Bertz CT molecular complexity index is 418. The SMILES string of the molecule is CNC(=O)C(C)Oc1cccc2c1CCCN2. The summed E-state index contributed by atoms with van der Waals surface area (Å²) in [6.07, 6.45) is 1.63. The van der Waals surface area contributed by atoms with Crippen LogP contribution in [0.2, 0.25) is 0 Å². The highest BCUT2D eigenvalue weighted by atomic mass is 16.5. The number of fused-ring (bicyclic) bond motifs is 1. The summed E-state index contributed by atoms with van der Waals surface area (Å²) in [6, 6.07) is 5.92. The lowest BCUT2D eigenvalue weighted by Gasteiger charge is -2.22. The van der Waals surface area contributed by atoms with E-state index in [9.17, 15) is 4.79 Å². The van der Waals surface area contributed by atoms with E-state index in [2.05, 4.69) is 10.6 Å². The van der Waals surface area contributed by atoms with E-state index in [1.165, 1.54) is 5.56 Å². The number of hydrogen-bond donors (Lipinski definition) is 2. The fourth-order valence-electron chi connectivity index (χ4n) is 2.04. The normalized spacial score (nSPS) is 15.4. The predicted octanol–water partition coefficient (Wildman–Crippen LogP) is 1.56. The lowest BCUT2D eigenvalue weighted by Crippen LogP contribution is -2.34. The minimum Gasteiger partial charge on any atom is -0.481 e. The molecule has 1 amide bonds. The van der Waals surface area contributed by atoms with Gasteiger partial charge in [0.2, 0.25) is 0 Å². The zero-order chi connectivity index (χ0) is 12.3. The Morgan fingerprint density at radius 3 is 3.12 bits per heavy atom. The lowest BCUT2D eigenvalue weighted by atomic mass is 10.0. The number of carbonyl (C=O) groups excluding carboxylic acids is 1. The van der Waals surface area contributed by atoms with Crippen molar-refractivity contribution in [1.82, 2.24) is 5.32 Å². The first-order valence-electron chi connectivity index (χ1n) is 5.96. The van der Waals surface area contributed by atoms with Crippen molar-refractivity contribution in [3.8, 4) is 5.75 Å². The van der Waals surface area contributed by atoms with E-state index in [0.29, 0.717) is 0 Å². The predicted molar refractivity (Wildman–Crippen MR) is 67.4 cm³/mol. The Kier molecular flexibility index (Phi) is 3.52. The Balaban J connectivity index is 2.18. The zero-order valence-corrected chi connectivity index (χ0v) is 10.2. The molecular weight excluding hydrogens is 216 g/mol. The second kappa shape index (κ2) is 5.08. The molecule has 2 rings (SSSR count). The van der Waals surface area contributed by atoms with Crippen LogP contribution in [0.4, 0.5) is 5.69 Å². The van der Waals surface area contributed by atoms with Gasteiger partial charge in [-0.2, -0.15) is 0 Å². The molecule has 1 aliphatic rings. The van der Waals surface area contributed by atoms with E-state index >= 15 is 0 Å². The van der Waals surface area contributed by atoms with Gasteiger partial charge in [-0.25, -0.2) is 0 Å². The average Bonchev–Trinajstić information content (AvgIpc) is 2.38. The van der Waals surface area contributed by atoms with Gasteiger partial charge in [0.25, 0.3) is 5.91 Å². The van der Waals surface area contributed by atoms with Crippen molar-refractivity contribution in [3.63, 3.8) is 0 Å². The van der Waals surface area contributed by atoms with Gasteiger partial charge >= 0.3 is 0 Å². The molecule has 0 spiro atoms. The molecular formula is C13H18N2O2. The van der Waals surface area contributed by atoms with Crippen molar-refractivity contribution >= 4 is 11.6 Å². The molecule has 1 aromatic carbocycles. The molecule has 0 aromatic heterocycles. The first-order valence-corrected chi connectivity index (χ1v) is 5.96. The number of hydrogen-bond acceptors (Lipinski definition) is 3. The molecule has 0 radical (unpaired) electrons. The molecule has 1 aliphatic heterocycles. The van der Waals surface area contributed by atoms with Crippen molar-refractivity contribution < 1.29 is 9.53 Å². The number of nitrogens with one attached hydrogen (secondary N) is 2. The van der Waals surface area contributed by atoms with Crippen LogP contribution in [0.1, 0.15) is 18.9 Å². The van der Waals surface area contributed by atoms with Crippen LogP contribution in [0, 0.1) is 0 Å². The van der Waals surface area contributed by atoms with Gasteiger partial charge in [-0.05, 0) is 31.9 Å². The van der Waals surface area contributed by atoms with Crippen LogP contribution in [-0.4, -0.2) is 25.6 Å². The molecule has 92 valence electrons. The van der Waals surface area contributed by atoms with Gasteiger partial charge in [-0.15, -0.1) is 0 Å². The largest absolute Gasteiger partial charge is 0.481 e. The maximum Gasteiger partial charge on any atom is 0.260 e. The summed E-state index contributed by atoms with van der Waals surface area (Å²) in [5.74, 6) is 0.706. The fraction of sp³-hybridized carbons (Fsp3) is 0.462. The van der Waals surface area contributed by atoms with Crippen LogP contribution in [0.15, 0.2) is 18.2 Å². The number of anilines is 1. The van der Waals surface area contributed by atoms with Crippen LogP contribution in [0.5, 0.6) is 5.75 Å².